The third-order valence-corrected chi connectivity index (χ3v) is 5.95. The van der Waals surface area contributed by atoms with Gasteiger partial charge in [0.2, 0.25) is 5.89 Å². The molecule has 1 saturated heterocycles. The molecule has 0 saturated carbocycles. The standard InChI is InChI=1S/C25H22N4O5/c1-33-22-7-3-2-5-19(22)16-8-13-23-20(15-16)27-24(34-23)21-6-4-14-28(21)25(30)26-17-9-11-18(12-10-17)29(31)32/h2-3,5,7-13,15,21H,4,6,14H2,1H3,(H,26,30)/t21-/m0/s1. The fourth-order valence-electron chi connectivity index (χ4n) is 4.27. The van der Waals surface area contributed by atoms with Gasteiger partial charge in [0, 0.05) is 29.9 Å². The van der Waals surface area contributed by atoms with Gasteiger partial charge in [0.25, 0.3) is 5.69 Å². The van der Waals surface area contributed by atoms with Crippen molar-refractivity contribution in [3.05, 3.63) is 82.7 Å². The number of carbonyl (C=O) groups is 1. The summed E-state index contributed by atoms with van der Waals surface area (Å²) >= 11 is 0. The summed E-state index contributed by atoms with van der Waals surface area (Å²) in [6.45, 7) is 0.564. The van der Waals surface area contributed by atoms with Crippen LogP contribution in [0.4, 0.5) is 16.2 Å². The highest BCUT2D eigenvalue weighted by Gasteiger charge is 2.33. The number of urea groups is 1. The van der Waals surface area contributed by atoms with Crippen molar-refractivity contribution < 1.29 is 18.9 Å². The van der Waals surface area contributed by atoms with Crippen LogP contribution >= 0.6 is 0 Å². The number of amides is 2. The van der Waals surface area contributed by atoms with Crippen LogP contribution in [0.25, 0.3) is 22.2 Å². The Balaban J connectivity index is 1.38. The number of likely N-dealkylation sites (tertiary alicyclic amines) is 1. The van der Waals surface area contributed by atoms with Gasteiger partial charge in [-0.05, 0) is 48.7 Å². The molecule has 0 radical (unpaired) electrons. The summed E-state index contributed by atoms with van der Waals surface area (Å²) in [5, 5.41) is 13.6. The largest absolute Gasteiger partial charge is 0.496 e. The minimum Gasteiger partial charge on any atom is -0.496 e. The zero-order chi connectivity index (χ0) is 23.7. The lowest BCUT2D eigenvalue weighted by Gasteiger charge is -2.22. The molecule has 0 unspecified atom stereocenters. The number of hydrogen-bond acceptors (Lipinski definition) is 6. The van der Waals surface area contributed by atoms with E-state index in [1.54, 1.807) is 12.0 Å². The number of fused-ring (bicyclic) bond motifs is 1. The molecule has 1 N–H and O–H groups in total. The molecule has 0 spiro atoms. The van der Waals surface area contributed by atoms with Crippen LogP contribution in [-0.2, 0) is 0 Å². The molecule has 9 nitrogen and oxygen atoms in total. The average Bonchev–Trinajstić information content (AvgIpc) is 3.51. The fourth-order valence-corrected chi connectivity index (χ4v) is 4.27. The fraction of sp³-hybridized carbons (Fsp3) is 0.200. The van der Waals surface area contributed by atoms with Gasteiger partial charge in [-0.2, -0.15) is 0 Å². The van der Waals surface area contributed by atoms with Crippen molar-refractivity contribution in [2.75, 3.05) is 19.0 Å². The Morgan fingerprint density at radius 2 is 1.97 bits per heavy atom. The summed E-state index contributed by atoms with van der Waals surface area (Å²) in [5.74, 6) is 1.26. The van der Waals surface area contributed by atoms with Crippen LogP contribution in [-0.4, -0.2) is 34.5 Å². The number of hydrogen-bond donors (Lipinski definition) is 1. The zero-order valence-electron chi connectivity index (χ0n) is 18.4. The van der Waals surface area contributed by atoms with E-state index in [2.05, 4.69) is 5.32 Å². The second-order valence-electron chi connectivity index (χ2n) is 8.02. The highest BCUT2D eigenvalue weighted by Crippen LogP contribution is 2.36. The molecular formula is C25H22N4O5. The van der Waals surface area contributed by atoms with E-state index in [4.69, 9.17) is 14.1 Å². The molecule has 1 aliphatic heterocycles. The number of oxazole rings is 1. The molecule has 1 fully saturated rings. The van der Waals surface area contributed by atoms with Gasteiger partial charge in [-0.1, -0.05) is 24.3 Å². The van der Waals surface area contributed by atoms with E-state index in [1.807, 2.05) is 42.5 Å². The first-order chi connectivity index (χ1) is 16.5. The molecule has 34 heavy (non-hydrogen) atoms. The second kappa shape index (κ2) is 8.86. The van der Waals surface area contributed by atoms with Gasteiger partial charge < -0.3 is 19.4 Å². The Bertz CT molecular complexity index is 1370. The van der Waals surface area contributed by atoms with E-state index in [9.17, 15) is 14.9 Å². The Morgan fingerprint density at radius 3 is 2.74 bits per heavy atom. The number of nitro groups is 1. The molecule has 1 aromatic heterocycles. The number of para-hydroxylation sites is 1. The third kappa shape index (κ3) is 4.03. The molecule has 1 atom stereocenters. The van der Waals surface area contributed by atoms with Crippen molar-refractivity contribution in [1.82, 2.24) is 9.88 Å². The average molecular weight is 458 g/mol. The van der Waals surface area contributed by atoms with Crippen LogP contribution in [0.5, 0.6) is 5.75 Å². The Morgan fingerprint density at radius 1 is 1.18 bits per heavy atom. The molecule has 2 heterocycles. The van der Waals surface area contributed by atoms with Gasteiger partial charge in [0.15, 0.2) is 5.58 Å². The summed E-state index contributed by atoms with van der Waals surface area (Å²) in [5.41, 5.74) is 3.74. The number of methoxy groups -OCH3 is 1. The van der Waals surface area contributed by atoms with Crippen LogP contribution in [0.3, 0.4) is 0 Å². The zero-order valence-corrected chi connectivity index (χ0v) is 18.4. The van der Waals surface area contributed by atoms with Crippen molar-refractivity contribution in [2.45, 2.75) is 18.9 Å². The second-order valence-corrected chi connectivity index (χ2v) is 8.02. The number of anilines is 1. The van der Waals surface area contributed by atoms with Crippen LogP contribution in [0, 0.1) is 10.1 Å². The summed E-state index contributed by atoms with van der Waals surface area (Å²) in [7, 11) is 1.64. The van der Waals surface area contributed by atoms with Crippen LogP contribution in [0.15, 0.2) is 71.1 Å². The van der Waals surface area contributed by atoms with E-state index in [-0.39, 0.29) is 17.8 Å². The molecular weight excluding hydrogens is 436 g/mol. The number of rotatable bonds is 5. The monoisotopic (exact) mass is 458 g/mol. The first-order valence-corrected chi connectivity index (χ1v) is 10.9. The smallest absolute Gasteiger partial charge is 0.322 e. The molecule has 4 aromatic rings. The van der Waals surface area contributed by atoms with E-state index >= 15 is 0 Å². The summed E-state index contributed by atoms with van der Waals surface area (Å²) in [4.78, 5) is 29.7. The predicted molar refractivity (Wildman–Crippen MR) is 127 cm³/mol. The highest BCUT2D eigenvalue weighted by molar-refractivity contribution is 5.90. The lowest BCUT2D eigenvalue weighted by atomic mass is 10.0. The van der Waals surface area contributed by atoms with Crippen molar-refractivity contribution in [2.24, 2.45) is 0 Å². The first-order valence-electron chi connectivity index (χ1n) is 10.9. The number of carbonyl (C=O) groups excluding carboxylic acids is 1. The molecule has 3 aromatic carbocycles. The van der Waals surface area contributed by atoms with Crippen molar-refractivity contribution in [1.29, 1.82) is 0 Å². The van der Waals surface area contributed by atoms with Gasteiger partial charge in [-0.25, -0.2) is 9.78 Å². The van der Waals surface area contributed by atoms with Crippen LogP contribution in [0.2, 0.25) is 0 Å². The van der Waals surface area contributed by atoms with Crippen LogP contribution < -0.4 is 10.1 Å². The maximum atomic E-state index is 12.9. The number of nitrogens with one attached hydrogen (secondary N) is 1. The highest BCUT2D eigenvalue weighted by atomic mass is 16.6. The lowest BCUT2D eigenvalue weighted by molar-refractivity contribution is -0.384. The molecule has 2 amide bonds. The van der Waals surface area contributed by atoms with Gasteiger partial charge in [-0.15, -0.1) is 0 Å². The van der Waals surface area contributed by atoms with E-state index < -0.39 is 4.92 Å². The van der Waals surface area contributed by atoms with Gasteiger partial charge in [0.05, 0.1) is 12.0 Å². The van der Waals surface area contributed by atoms with Gasteiger partial charge in [0.1, 0.15) is 17.3 Å². The van der Waals surface area contributed by atoms with Gasteiger partial charge >= 0.3 is 6.03 Å². The lowest BCUT2D eigenvalue weighted by Crippen LogP contribution is -2.34. The summed E-state index contributed by atoms with van der Waals surface area (Å²) in [6, 6.07) is 18.7. The molecule has 172 valence electrons. The predicted octanol–water partition coefficient (Wildman–Crippen LogP) is 5.78. The Hall–Kier alpha value is -4.40. The molecule has 0 aliphatic carbocycles. The molecule has 0 bridgehead atoms. The van der Waals surface area contributed by atoms with Crippen LogP contribution in [0.1, 0.15) is 24.8 Å². The number of nitro benzene ring substituents is 1. The number of nitrogens with zero attached hydrogens (tertiary/aromatic N) is 3. The van der Waals surface area contributed by atoms with E-state index in [0.717, 1.165) is 29.7 Å². The van der Waals surface area contributed by atoms with Crippen molar-refractivity contribution in [3.63, 3.8) is 0 Å². The number of aromatic nitrogens is 1. The quantitative estimate of drug-likeness (QED) is 0.300. The van der Waals surface area contributed by atoms with Crippen molar-refractivity contribution in [3.8, 4) is 16.9 Å². The minimum atomic E-state index is -0.478. The van der Waals surface area contributed by atoms with Gasteiger partial charge in [-0.3, -0.25) is 10.1 Å². The molecule has 5 rings (SSSR count). The summed E-state index contributed by atoms with van der Waals surface area (Å²) < 4.78 is 11.5. The topological polar surface area (TPSA) is 111 Å². The maximum Gasteiger partial charge on any atom is 0.322 e. The Labute approximate surface area is 195 Å². The molecule has 1 aliphatic rings. The Kier molecular flexibility index (Phi) is 5.59. The van der Waals surface area contributed by atoms with E-state index in [1.165, 1.54) is 24.3 Å². The SMILES string of the molecule is COc1ccccc1-c1ccc2oc([C@@H]3CCCN3C(=O)Nc3ccc([N+](=O)[O-])cc3)nc2c1. The van der Waals surface area contributed by atoms with Crippen molar-refractivity contribution >= 4 is 28.5 Å². The molecule has 9 heteroatoms. The number of benzene rings is 3. The minimum absolute atomic E-state index is 0.0315. The normalized spacial score (nSPS) is 15.4. The number of non-ortho nitro benzene ring substituents is 1. The summed E-state index contributed by atoms with van der Waals surface area (Å²) in [6.07, 6.45) is 1.56. The number of ether oxygens (including phenoxy) is 1. The van der Waals surface area contributed by atoms with E-state index in [0.29, 0.717) is 29.2 Å². The third-order valence-electron chi connectivity index (χ3n) is 5.95. The first kappa shape index (κ1) is 21.4. The maximum absolute atomic E-state index is 12.9.